The van der Waals surface area contributed by atoms with Gasteiger partial charge < -0.3 is 42.5 Å². The summed E-state index contributed by atoms with van der Waals surface area (Å²) in [5, 5.41) is 25.9. The smallest absolute Gasteiger partial charge is 0.326 e. The van der Waals surface area contributed by atoms with Gasteiger partial charge >= 0.3 is 12.0 Å². The van der Waals surface area contributed by atoms with Crippen LogP contribution in [0.25, 0.3) is 0 Å². The van der Waals surface area contributed by atoms with Crippen LogP contribution in [0, 0.1) is 5.92 Å². The number of aliphatic carboxylic acids is 1. The molecule has 182 valence electrons. The zero-order valence-corrected chi connectivity index (χ0v) is 18.4. The molecule has 5 amide bonds. The zero-order chi connectivity index (χ0) is 24.4. The van der Waals surface area contributed by atoms with Crippen LogP contribution < -0.4 is 27.4 Å². The van der Waals surface area contributed by atoms with Gasteiger partial charge in [0.15, 0.2) is 0 Å². The molecule has 0 unspecified atom stereocenters. The minimum absolute atomic E-state index is 0.0457. The Kier molecular flexibility index (Phi) is 10.9. The summed E-state index contributed by atoms with van der Waals surface area (Å²) in [5.41, 5.74) is 10.5. The van der Waals surface area contributed by atoms with Crippen LogP contribution in [-0.4, -0.2) is 88.7 Å². The molecule has 1 rings (SSSR count). The number of amides is 5. The van der Waals surface area contributed by atoms with Crippen molar-refractivity contribution in [3.05, 3.63) is 0 Å². The summed E-state index contributed by atoms with van der Waals surface area (Å²) in [6.45, 7) is 3.29. The van der Waals surface area contributed by atoms with Gasteiger partial charge in [-0.2, -0.15) is 0 Å². The van der Waals surface area contributed by atoms with Crippen LogP contribution >= 0.6 is 0 Å². The van der Waals surface area contributed by atoms with E-state index in [0.29, 0.717) is 19.4 Å². The number of carbonyl (C=O) groups excluding carboxylic acids is 4. The number of primary amides is 1. The highest BCUT2D eigenvalue weighted by Gasteiger charge is 2.38. The predicted octanol–water partition coefficient (Wildman–Crippen LogP) is -2.54. The van der Waals surface area contributed by atoms with Crippen LogP contribution in [0.3, 0.4) is 0 Å². The third-order valence-corrected chi connectivity index (χ3v) is 5.18. The Morgan fingerprint density at radius 3 is 2.34 bits per heavy atom. The molecule has 1 fully saturated rings. The molecule has 0 saturated carbocycles. The number of hydrogen-bond acceptors (Lipinski definition) is 7. The van der Waals surface area contributed by atoms with E-state index in [9.17, 15) is 29.1 Å². The van der Waals surface area contributed by atoms with E-state index >= 15 is 0 Å². The van der Waals surface area contributed by atoms with Crippen molar-refractivity contribution in [2.45, 2.75) is 63.7 Å². The number of aliphatic hydroxyl groups is 1. The second-order valence-corrected chi connectivity index (χ2v) is 8.04. The van der Waals surface area contributed by atoms with Gasteiger partial charge in [-0.1, -0.05) is 13.8 Å². The molecule has 13 nitrogen and oxygen atoms in total. The van der Waals surface area contributed by atoms with Crippen molar-refractivity contribution in [1.29, 1.82) is 0 Å². The molecule has 0 aromatic rings. The molecule has 1 aliphatic rings. The summed E-state index contributed by atoms with van der Waals surface area (Å²) in [6, 6.07) is -4.94. The first-order chi connectivity index (χ1) is 15.0. The maximum absolute atomic E-state index is 12.8. The van der Waals surface area contributed by atoms with Crippen LogP contribution in [0.15, 0.2) is 0 Å². The third kappa shape index (κ3) is 7.96. The van der Waals surface area contributed by atoms with E-state index in [4.69, 9.17) is 16.6 Å². The largest absolute Gasteiger partial charge is 0.480 e. The zero-order valence-electron chi connectivity index (χ0n) is 18.4. The molecular formula is C19H34N6O7. The van der Waals surface area contributed by atoms with Crippen LogP contribution in [0.1, 0.15) is 39.5 Å². The highest BCUT2D eigenvalue weighted by atomic mass is 16.4. The highest BCUT2D eigenvalue weighted by Crippen LogP contribution is 2.19. The van der Waals surface area contributed by atoms with Crippen LogP contribution in [0.4, 0.5) is 4.79 Å². The Labute approximate surface area is 186 Å². The van der Waals surface area contributed by atoms with Gasteiger partial charge in [0.2, 0.25) is 17.7 Å². The van der Waals surface area contributed by atoms with Crippen molar-refractivity contribution < 1.29 is 34.2 Å². The fraction of sp³-hybridized carbons (Fsp3) is 0.737. The normalized spacial score (nSPS) is 18.5. The van der Waals surface area contributed by atoms with Crippen molar-refractivity contribution in [3.8, 4) is 0 Å². The molecule has 9 N–H and O–H groups in total. The average Bonchev–Trinajstić information content (AvgIpc) is 3.21. The average molecular weight is 459 g/mol. The van der Waals surface area contributed by atoms with E-state index in [1.807, 2.05) is 0 Å². The molecule has 0 bridgehead atoms. The lowest BCUT2D eigenvalue weighted by Crippen LogP contribution is -2.58. The summed E-state index contributed by atoms with van der Waals surface area (Å²) in [6.07, 6.45) is 1.26. The fourth-order valence-corrected chi connectivity index (χ4v) is 3.42. The molecule has 4 atom stereocenters. The standard InChI is InChI=1S/C19H34N6O7/c1-10(2)14(16(28)23-12(18(30)31)5-3-7-22-19(21)32)24-15(27)13-6-4-8-25(13)17(29)11(20)9-26/h10-14,26H,3-9,20H2,1-2H3,(H,23,28)(H,24,27)(H,30,31)(H3,21,22,32)/t11-,12-,13-,14-/m0/s1. The van der Waals surface area contributed by atoms with Crippen LogP contribution in [-0.2, 0) is 19.2 Å². The van der Waals surface area contributed by atoms with Crippen molar-refractivity contribution in [2.24, 2.45) is 17.4 Å². The number of aliphatic hydroxyl groups excluding tert-OH is 1. The molecule has 32 heavy (non-hydrogen) atoms. The van der Waals surface area contributed by atoms with Gasteiger partial charge in [0.05, 0.1) is 6.61 Å². The first kappa shape index (κ1) is 27.1. The van der Waals surface area contributed by atoms with Crippen molar-refractivity contribution in [2.75, 3.05) is 19.7 Å². The maximum atomic E-state index is 12.8. The van der Waals surface area contributed by atoms with Crippen molar-refractivity contribution in [3.63, 3.8) is 0 Å². The molecule has 0 aliphatic carbocycles. The molecule has 0 spiro atoms. The van der Waals surface area contributed by atoms with Crippen LogP contribution in [0.2, 0.25) is 0 Å². The van der Waals surface area contributed by atoms with E-state index in [1.165, 1.54) is 4.90 Å². The lowest BCUT2D eigenvalue weighted by Gasteiger charge is -2.29. The molecule has 0 aromatic carbocycles. The fourth-order valence-electron chi connectivity index (χ4n) is 3.42. The quantitative estimate of drug-likeness (QED) is 0.154. The number of nitrogens with one attached hydrogen (secondary N) is 3. The maximum Gasteiger partial charge on any atom is 0.326 e. The summed E-state index contributed by atoms with van der Waals surface area (Å²) in [5.74, 6) is -3.39. The Morgan fingerprint density at radius 2 is 1.81 bits per heavy atom. The highest BCUT2D eigenvalue weighted by molar-refractivity contribution is 5.94. The first-order valence-corrected chi connectivity index (χ1v) is 10.5. The topological polar surface area (TPSA) is 217 Å². The number of urea groups is 1. The van der Waals surface area contributed by atoms with E-state index < -0.39 is 60.5 Å². The summed E-state index contributed by atoms with van der Waals surface area (Å²) in [7, 11) is 0. The Bertz CT molecular complexity index is 702. The van der Waals surface area contributed by atoms with Crippen molar-refractivity contribution in [1.82, 2.24) is 20.9 Å². The van der Waals surface area contributed by atoms with Gasteiger partial charge in [-0.05, 0) is 31.6 Å². The van der Waals surface area contributed by atoms with Gasteiger partial charge in [-0.25, -0.2) is 9.59 Å². The Morgan fingerprint density at radius 1 is 1.16 bits per heavy atom. The van der Waals surface area contributed by atoms with E-state index in [-0.39, 0.29) is 25.3 Å². The van der Waals surface area contributed by atoms with E-state index in [0.717, 1.165) is 0 Å². The number of rotatable bonds is 12. The van der Waals surface area contributed by atoms with E-state index in [1.54, 1.807) is 13.8 Å². The number of nitrogens with zero attached hydrogens (tertiary/aromatic N) is 1. The molecule has 1 aliphatic heterocycles. The lowest BCUT2D eigenvalue weighted by atomic mass is 10.0. The van der Waals surface area contributed by atoms with Crippen LogP contribution in [0.5, 0.6) is 0 Å². The molecule has 13 heteroatoms. The SMILES string of the molecule is CC(C)[C@H](NC(=O)[C@@H]1CCCN1C(=O)[C@@H](N)CO)C(=O)N[C@@H](CCCNC(N)=O)C(=O)O. The van der Waals surface area contributed by atoms with Gasteiger partial charge in [-0.3, -0.25) is 14.4 Å². The molecule has 0 radical (unpaired) electrons. The van der Waals surface area contributed by atoms with E-state index in [2.05, 4.69) is 16.0 Å². The minimum atomic E-state index is -1.25. The second-order valence-electron chi connectivity index (χ2n) is 8.04. The predicted molar refractivity (Wildman–Crippen MR) is 113 cm³/mol. The number of hydrogen-bond donors (Lipinski definition) is 7. The van der Waals surface area contributed by atoms with Gasteiger partial charge in [0.25, 0.3) is 0 Å². The molecule has 1 heterocycles. The number of carboxylic acid groups (broad SMARTS) is 1. The Hall–Kier alpha value is -2.93. The van der Waals surface area contributed by atoms with Gasteiger partial charge in [0, 0.05) is 13.1 Å². The van der Waals surface area contributed by atoms with Gasteiger partial charge in [0.1, 0.15) is 24.2 Å². The summed E-state index contributed by atoms with van der Waals surface area (Å²) in [4.78, 5) is 61.4. The summed E-state index contributed by atoms with van der Waals surface area (Å²) < 4.78 is 0. The minimum Gasteiger partial charge on any atom is -0.480 e. The number of nitrogens with two attached hydrogens (primary N) is 2. The number of carbonyl (C=O) groups is 5. The molecular weight excluding hydrogens is 424 g/mol. The van der Waals surface area contributed by atoms with Crippen molar-refractivity contribution >= 4 is 29.7 Å². The first-order valence-electron chi connectivity index (χ1n) is 10.5. The monoisotopic (exact) mass is 458 g/mol. The lowest BCUT2D eigenvalue weighted by molar-refractivity contribution is -0.143. The molecule has 0 aromatic heterocycles. The second kappa shape index (κ2) is 12.8. The molecule has 1 saturated heterocycles. The summed E-state index contributed by atoms with van der Waals surface area (Å²) >= 11 is 0. The third-order valence-electron chi connectivity index (χ3n) is 5.18. The van der Waals surface area contributed by atoms with Gasteiger partial charge in [-0.15, -0.1) is 0 Å². The number of likely N-dealkylation sites (tertiary alicyclic amines) is 1. The number of carboxylic acids is 1. The Balaban J connectivity index is 2.78.